The van der Waals surface area contributed by atoms with E-state index in [1.165, 1.54) is 0 Å². The van der Waals surface area contributed by atoms with Gasteiger partial charge in [-0.3, -0.25) is 4.79 Å². The SMILES string of the molecule is CC(C)C(C)C(C)CCC(=O)OCC1CCC2OC2C1. The van der Waals surface area contributed by atoms with E-state index in [9.17, 15) is 4.79 Å². The molecule has 5 atom stereocenters. The van der Waals surface area contributed by atoms with Crippen molar-refractivity contribution in [1.82, 2.24) is 0 Å². The first kappa shape index (κ1) is 15.8. The summed E-state index contributed by atoms with van der Waals surface area (Å²) < 4.78 is 10.9. The Hall–Kier alpha value is -0.570. The molecule has 20 heavy (non-hydrogen) atoms. The fraction of sp³-hybridized carbons (Fsp3) is 0.941. The van der Waals surface area contributed by atoms with Gasteiger partial charge in [0.25, 0.3) is 0 Å². The standard InChI is InChI=1S/C17H30O3/c1-11(2)13(4)12(3)5-8-17(18)19-10-14-6-7-15-16(9-14)20-15/h11-16H,5-10H2,1-4H3. The van der Waals surface area contributed by atoms with E-state index in [0.29, 0.717) is 48.9 Å². The molecule has 0 aromatic rings. The molecule has 0 radical (unpaired) electrons. The third-order valence-corrected chi connectivity index (χ3v) is 5.35. The van der Waals surface area contributed by atoms with Gasteiger partial charge in [-0.1, -0.05) is 27.7 Å². The molecule has 1 saturated carbocycles. The number of epoxide rings is 1. The van der Waals surface area contributed by atoms with Gasteiger partial charge in [-0.15, -0.1) is 0 Å². The third-order valence-electron chi connectivity index (χ3n) is 5.35. The van der Waals surface area contributed by atoms with E-state index in [0.717, 1.165) is 25.7 Å². The second-order valence-electron chi connectivity index (χ2n) is 7.19. The molecule has 1 aliphatic carbocycles. The van der Waals surface area contributed by atoms with Gasteiger partial charge < -0.3 is 9.47 Å². The van der Waals surface area contributed by atoms with Crippen LogP contribution in [-0.4, -0.2) is 24.8 Å². The number of carbonyl (C=O) groups excluding carboxylic acids is 1. The summed E-state index contributed by atoms with van der Waals surface area (Å²) in [4.78, 5) is 11.8. The van der Waals surface area contributed by atoms with Gasteiger partial charge in [0, 0.05) is 6.42 Å². The van der Waals surface area contributed by atoms with Crippen LogP contribution in [0.3, 0.4) is 0 Å². The highest BCUT2D eigenvalue weighted by Crippen LogP contribution is 2.39. The highest BCUT2D eigenvalue weighted by atomic mass is 16.6. The minimum atomic E-state index is -0.0216. The van der Waals surface area contributed by atoms with Crippen molar-refractivity contribution in [3.8, 4) is 0 Å². The smallest absolute Gasteiger partial charge is 0.305 e. The van der Waals surface area contributed by atoms with Crippen LogP contribution in [0, 0.1) is 23.7 Å². The molecule has 116 valence electrons. The number of fused-ring (bicyclic) bond motifs is 1. The first-order chi connectivity index (χ1) is 9.47. The molecule has 1 saturated heterocycles. The van der Waals surface area contributed by atoms with Crippen LogP contribution in [-0.2, 0) is 14.3 Å². The van der Waals surface area contributed by atoms with Gasteiger partial charge in [0.05, 0.1) is 18.8 Å². The van der Waals surface area contributed by atoms with E-state index < -0.39 is 0 Å². The predicted octanol–water partition coefficient (Wildman–Crippen LogP) is 3.81. The maximum Gasteiger partial charge on any atom is 0.305 e. The first-order valence-electron chi connectivity index (χ1n) is 8.28. The Morgan fingerprint density at radius 1 is 1.20 bits per heavy atom. The Kier molecular flexibility index (Phi) is 5.48. The molecule has 1 aliphatic heterocycles. The molecule has 2 aliphatic rings. The molecule has 2 fully saturated rings. The zero-order valence-electron chi connectivity index (χ0n) is 13.4. The van der Waals surface area contributed by atoms with Crippen LogP contribution in [0.2, 0.25) is 0 Å². The quantitative estimate of drug-likeness (QED) is 0.526. The Morgan fingerprint density at radius 2 is 1.95 bits per heavy atom. The monoisotopic (exact) mass is 282 g/mol. The lowest BCUT2D eigenvalue weighted by molar-refractivity contribution is -0.145. The molecule has 1 heterocycles. The summed E-state index contributed by atoms with van der Waals surface area (Å²) in [6.07, 6.45) is 5.88. The van der Waals surface area contributed by atoms with Gasteiger partial charge in [0.2, 0.25) is 0 Å². The van der Waals surface area contributed by atoms with Crippen molar-refractivity contribution < 1.29 is 14.3 Å². The summed E-state index contributed by atoms with van der Waals surface area (Å²) in [5, 5.41) is 0. The highest BCUT2D eigenvalue weighted by Gasteiger charge is 2.43. The zero-order chi connectivity index (χ0) is 14.7. The van der Waals surface area contributed by atoms with Crippen molar-refractivity contribution in [2.24, 2.45) is 23.7 Å². The maximum atomic E-state index is 11.8. The number of esters is 1. The molecular weight excluding hydrogens is 252 g/mol. The number of ether oxygens (including phenoxy) is 2. The maximum absolute atomic E-state index is 11.8. The average molecular weight is 282 g/mol. The molecule has 2 rings (SSSR count). The van der Waals surface area contributed by atoms with E-state index in [4.69, 9.17) is 9.47 Å². The molecule has 0 aromatic heterocycles. The first-order valence-corrected chi connectivity index (χ1v) is 8.28. The highest BCUT2D eigenvalue weighted by molar-refractivity contribution is 5.69. The van der Waals surface area contributed by atoms with Crippen LogP contribution in [0.1, 0.15) is 59.8 Å². The predicted molar refractivity (Wildman–Crippen MR) is 79.4 cm³/mol. The molecule has 5 unspecified atom stereocenters. The number of hydrogen-bond donors (Lipinski definition) is 0. The van der Waals surface area contributed by atoms with Crippen LogP contribution in [0.4, 0.5) is 0 Å². The van der Waals surface area contributed by atoms with Crippen molar-refractivity contribution in [2.45, 2.75) is 72.0 Å². The summed E-state index contributed by atoms with van der Waals surface area (Å²) in [5.41, 5.74) is 0. The van der Waals surface area contributed by atoms with Crippen molar-refractivity contribution >= 4 is 5.97 Å². The molecule has 3 nitrogen and oxygen atoms in total. The molecule has 0 bridgehead atoms. The number of rotatable bonds is 7. The van der Waals surface area contributed by atoms with E-state index in [2.05, 4.69) is 27.7 Å². The number of hydrogen-bond acceptors (Lipinski definition) is 3. The molecule has 3 heteroatoms. The fourth-order valence-corrected chi connectivity index (χ4v) is 3.19. The second kappa shape index (κ2) is 6.93. The van der Waals surface area contributed by atoms with Crippen LogP contribution >= 0.6 is 0 Å². The molecular formula is C17H30O3. The van der Waals surface area contributed by atoms with Gasteiger partial charge in [-0.25, -0.2) is 0 Å². The topological polar surface area (TPSA) is 38.8 Å². The van der Waals surface area contributed by atoms with Crippen LogP contribution in [0.5, 0.6) is 0 Å². The van der Waals surface area contributed by atoms with Crippen molar-refractivity contribution in [3.63, 3.8) is 0 Å². The summed E-state index contributed by atoms with van der Waals surface area (Å²) in [7, 11) is 0. The summed E-state index contributed by atoms with van der Waals surface area (Å²) in [6.45, 7) is 9.60. The Balaban J connectivity index is 1.58. The van der Waals surface area contributed by atoms with Crippen LogP contribution in [0.15, 0.2) is 0 Å². The summed E-state index contributed by atoms with van der Waals surface area (Å²) >= 11 is 0. The van der Waals surface area contributed by atoms with Gasteiger partial charge >= 0.3 is 5.97 Å². The third kappa shape index (κ3) is 4.47. The lowest BCUT2D eigenvalue weighted by Crippen LogP contribution is -2.21. The van der Waals surface area contributed by atoms with Crippen molar-refractivity contribution in [2.75, 3.05) is 6.61 Å². The lowest BCUT2D eigenvalue weighted by atomic mass is 9.83. The lowest BCUT2D eigenvalue weighted by Gasteiger charge is -2.23. The zero-order valence-corrected chi connectivity index (χ0v) is 13.4. The normalized spacial score (nSPS) is 31.6. The molecule has 0 amide bonds. The Morgan fingerprint density at radius 3 is 2.60 bits per heavy atom. The van der Waals surface area contributed by atoms with Gasteiger partial charge in [-0.2, -0.15) is 0 Å². The van der Waals surface area contributed by atoms with E-state index >= 15 is 0 Å². The van der Waals surface area contributed by atoms with Crippen LogP contribution < -0.4 is 0 Å². The van der Waals surface area contributed by atoms with Gasteiger partial charge in [0.15, 0.2) is 0 Å². The molecule has 0 spiro atoms. The molecule has 0 aromatic carbocycles. The minimum Gasteiger partial charge on any atom is -0.465 e. The molecule has 0 N–H and O–H groups in total. The minimum absolute atomic E-state index is 0.0216. The average Bonchev–Trinajstić information content (AvgIpc) is 3.19. The summed E-state index contributed by atoms with van der Waals surface area (Å²) in [6, 6.07) is 0. The van der Waals surface area contributed by atoms with E-state index in [-0.39, 0.29) is 5.97 Å². The van der Waals surface area contributed by atoms with E-state index in [1.54, 1.807) is 0 Å². The van der Waals surface area contributed by atoms with Gasteiger partial charge in [0.1, 0.15) is 0 Å². The Labute approximate surface area is 123 Å². The van der Waals surface area contributed by atoms with E-state index in [1.807, 2.05) is 0 Å². The van der Waals surface area contributed by atoms with Crippen LogP contribution in [0.25, 0.3) is 0 Å². The fourth-order valence-electron chi connectivity index (χ4n) is 3.19. The Bertz CT molecular complexity index is 318. The van der Waals surface area contributed by atoms with Crippen molar-refractivity contribution in [1.29, 1.82) is 0 Å². The van der Waals surface area contributed by atoms with Gasteiger partial charge in [-0.05, 0) is 49.4 Å². The number of carbonyl (C=O) groups is 1. The van der Waals surface area contributed by atoms with Crippen molar-refractivity contribution in [3.05, 3.63) is 0 Å². The second-order valence-corrected chi connectivity index (χ2v) is 7.19. The summed E-state index contributed by atoms with van der Waals surface area (Å²) in [5.74, 6) is 2.42. The largest absolute Gasteiger partial charge is 0.465 e.